The monoisotopic (exact) mass is 440 g/mol. The zero-order valence-electron chi connectivity index (χ0n) is 18.1. The average Bonchev–Trinajstić information content (AvgIpc) is 3.08. The zero-order chi connectivity index (χ0) is 23.3. The van der Waals surface area contributed by atoms with Crippen molar-refractivity contribution in [3.05, 3.63) is 121 Å². The second-order valence-corrected chi connectivity index (χ2v) is 8.34. The van der Waals surface area contributed by atoms with E-state index in [1.165, 1.54) is 12.1 Å². The number of rotatable bonds is 4. The fourth-order valence-electron chi connectivity index (χ4n) is 4.31. The van der Waals surface area contributed by atoms with Crippen molar-refractivity contribution in [3.63, 3.8) is 0 Å². The van der Waals surface area contributed by atoms with Crippen LogP contribution in [0.2, 0.25) is 0 Å². The van der Waals surface area contributed by atoms with Crippen LogP contribution in [0.1, 0.15) is 44.4 Å². The smallest absolute Gasteiger partial charge is 0.291 e. The van der Waals surface area contributed by atoms with Crippen LogP contribution in [0.5, 0.6) is 0 Å². The molecule has 5 rings (SSSR count). The first-order valence-electron chi connectivity index (χ1n) is 10.5. The molecule has 164 valence electrons. The molecule has 7 nitrogen and oxygen atoms in total. The van der Waals surface area contributed by atoms with Gasteiger partial charge in [0.2, 0.25) is 5.76 Å². The second-order valence-electron chi connectivity index (χ2n) is 8.34. The van der Waals surface area contributed by atoms with Crippen molar-refractivity contribution >= 4 is 22.6 Å². The first-order chi connectivity index (χ1) is 15.8. The average molecular weight is 440 g/mol. The van der Waals surface area contributed by atoms with Gasteiger partial charge in [-0.05, 0) is 49.2 Å². The highest BCUT2D eigenvalue weighted by molar-refractivity contribution is 5.99. The van der Waals surface area contributed by atoms with E-state index in [1.807, 2.05) is 44.2 Å². The molecule has 0 aliphatic carbocycles. The highest BCUT2D eigenvalue weighted by Crippen LogP contribution is 2.39. The van der Waals surface area contributed by atoms with Crippen molar-refractivity contribution < 1.29 is 14.1 Å². The maximum atomic E-state index is 13.6. The quantitative estimate of drug-likeness (QED) is 0.326. The summed E-state index contributed by atoms with van der Waals surface area (Å²) in [7, 11) is 0. The highest BCUT2D eigenvalue weighted by Gasteiger charge is 2.42. The van der Waals surface area contributed by atoms with Crippen LogP contribution in [0.4, 0.5) is 5.69 Å². The number of hydrogen-bond acceptors (Lipinski definition) is 5. The molecule has 0 bridgehead atoms. The van der Waals surface area contributed by atoms with Gasteiger partial charge in [0.05, 0.1) is 21.9 Å². The largest absolute Gasteiger partial charge is 0.450 e. The van der Waals surface area contributed by atoms with Crippen molar-refractivity contribution in [2.75, 3.05) is 0 Å². The molecule has 1 unspecified atom stereocenters. The van der Waals surface area contributed by atoms with E-state index in [9.17, 15) is 19.7 Å². The summed E-state index contributed by atoms with van der Waals surface area (Å²) in [5, 5.41) is 11.5. The minimum absolute atomic E-state index is 0.0202. The number of benzene rings is 3. The Balaban J connectivity index is 1.70. The first-order valence-corrected chi connectivity index (χ1v) is 10.5. The molecule has 0 saturated heterocycles. The van der Waals surface area contributed by atoms with Crippen LogP contribution in [-0.4, -0.2) is 15.7 Å². The molecule has 4 aromatic rings. The number of nitrogens with zero attached hydrogens (tertiary/aromatic N) is 2. The van der Waals surface area contributed by atoms with Crippen molar-refractivity contribution in [1.29, 1.82) is 0 Å². The predicted molar refractivity (Wildman–Crippen MR) is 123 cm³/mol. The van der Waals surface area contributed by atoms with Crippen molar-refractivity contribution in [1.82, 2.24) is 4.90 Å². The summed E-state index contributed by atoms with van der Waals surface area (Å²) in [5.74, 6) is -0.361. The van der Waals surface area contributed by atoms with Gasteiger partial charge in [0.15, 0.2) is 5.43 Å². The molecule has 1 aromatic heterocycles. The molecular formula is C26H20N2O5. The molecule has 0 radical (unpaired) electrons. The number of carbonyl (C=O) groups is 1. The fourth-order valence-corrected chi connectivity index (χ4v) is 4.31. The maximum absolute atomic E-state index is 13.6. The topological polar surface area (TPSA) is 93.7 Å². The predicted octanol–water partition coefficient (Wildman–Crippen LogP) is 5.06. The van der Waals surface area contributed by atoms with Gasteiger partial charge < -0.3 is 9.32 Å². The van der Waals surface area contributed by atoms with Crippen LogP contribution in [0.3, 0.4) is 0 Å². The number of non-ortho nitro benzene ring substituents is 1. The summed E-state index contributed by atoms with van der Waals surface area (Å²) in [6, 6.07) is 18.3. The van der Waals surface area contributed by atoms with Gasteiger partial charge in [-0.15, -0.1) is 0 Å². The number of carbonyl (C=O) groups excluding carboxylic acids is 1. The van der Waals surface area contributed by atoms with E-state index in [4.69, 9.17) is 4.42 Å². The molecule has 0 spiro atoms. The third-order valence-corrected chi connectivity index (χ3v) is 6.01. The van der Waals surface area contributed by atoms with Crippen LogP contribution in [0.25, 0.3) is 11.0 Å². The zero-order valence-corrected chi connectivity index (χ0v) is 18.1. The van der Waals surface area contributed by atoms with Crippen molar-refractivity contribution in [3.8, 4) is 0 Å². The van der Waals surface area contributed by atoms with Gasteiger partial charge in [0.1, 0.15) is 5.58 Å². The van der Waals surface area contributed by atoms with Gasteiger partial charge in [-0.2, -0.15) is 0 Å². The van der Waals surface area contributed by atoms with E-state index in [1.54, 1.807) is 29.2 Å². The Morgan fingerprint density at radius 1 is 0.939 bits per heavy atom. The van der Waals surface area contributed by atoms with E-state index < -0.39 is 11.0 Å². The molecule has 1 amide bonds. The standard InChI is InChI=1S/C26H20N2O5/c1-15-3-6-17(7-4-15)14-27-23(18-8-10-19(11-9-18)28(31)32)22-24(29)20-13-16(2)5-12-21(20)33-25(22)26(27)30/h3-13,23H,14H2,1-2H3. The lowest BCUT2D eigenvalue weighted by Gasteiger charge is -2.25. The fraction of sp³-hybridized carbons (Fsp3) is 0.154. The summed E-state index contributed by atoms with van der Waals surface area (Å²) in [6.45, 7) is 4.13. The van der Waals surface area contributed by atoms with Gasteiger partial charge in [0, 0.05) is 18.7 Å². The highest BCUT2D eigenvalue weighted by atomic mass is 16.6. The molecule has 1 atom stereocenters. The summed E-state index contributed by atoms with van der Waals surface area (Å²) >= 11 is 0. The summed E-state index contributed by atoms with van der Waals surface area (Å²) in [4.78, 5) is 39.3. The molecule has 2 heterocycles. The normalized spacial score (nSPS) is 15.2. The minimum Gasteiger partial charge on any atom is -0.450 e. The van der Waals surface area contributed by atoms with Crippen LogP contribution >= 0.6 is 0 Å². The van der Waals surface area contributed by atoms with E-state index in [2.05, 4.69) is 0 Å². The molecule has 1 aliphatic rings. The maximum Gasteiger partial charge on any atom is 0.291 e. The number of nitro benzene ring substituents is 1. The number of nitro groups is 1. The van der Waals surface area contributed by atoms with Crippen LogP contribution in [0, 0.1) is 24.0 Å². The van der Waals surface area contributed by atoms with E-state index >= 15 is 0 Å². The summed E-state index contributed by atoms with van der Waals surface area (Å²) in [6.07, 6.45) is 0. The minimum atomic E-state index is -0.712. The van der Waals surface area contributed by atoms with E-state index in [-0.39, 0.29) is 34.9 Å². The number of hydrogen-bond donors (Lipinski definition) is 0. The lowest BCUT2D eigenvalue weighted by Crippen LogP contribution is -2.29. The molecule has 0 saturated carbocycles. The van der Waals surface area contributed by atoms with Crippen LogP contribution in [-0.2, 0) is 6.54 Å². The Morgan fingerprint density at radius 2 is 1.61 bits per heavy atom. The summed E-state index contributed by atoms with van der Waals surface area (Å²) < 4.78 is 5.95. The molecule has 33 heavy (non-hydrogen) atoms. The van der Waals surface area contributed by atoms with Crippen LogP contribution in [0.15, 0.2) is 75.9 Å². The van der Waals surface area contributed by atoms with Gasteiger partial charge in [-0.25, -0.2) is 0 Å². The van der Waals surface area contributed by atoms with E-state index in [0.717, 1.165) is 16.7 Å². The Morgan fingerprint density at radius 3 is 2.27 bits per heavy atom. The second kappa shape index (κ2) is 7.70. The third kappa shape index (κ3) is 3.47. The van der Waals surface area contributed by atoms with Gasteiger partial charge >= 0.3 is 0 Å². The van der Waals surface area contributed by atoms with Gasteiger partial charge in [-0.1, -0.05) is 41.5 Å². The Labute approximate surface area is 189 Å². The first kappa shape index (κ1) is 20.6. The third-order valence-electron chi connectivity index (χ3n) is 6.01. The molecular weight excluding hydrogens is 420 g/mol. The molecule has 0 fully saturated rings. The van der Waals surface area contributed by atoms with Crippen LogP contribution < -0.4 is 5.43 Å². The van der Waals surface area contributed by atoms with Crippen molar-refractivity contribution in [2.45, 2.75) is 26.4 Å². The number of aryl methyl sites for hydroxylation is 2. The molecule has 7 heteroatoms. The van der Waals surface area contributed by atoms with Gasteiger partial charge in [-0.3, -0.25) is 19.7 Å². The Hall–Kier alpha value is -4.26. The Bertz CT molecular complexity index is 1470. The number of amides is 1. The lowest BCUT2D eigenvalue weighted by molar-refractivity contribution is -0.384. The lowest BCUT2D eigenvalue weighted by atomic mass is 9.97. The Kier molecular flexibility index (Phi) is 4.82. The molecule has 0 N–H and O–H groups in total. The molecule has 1 aliphatic heterocycles. The SMILES string of the molecule is Cc1ccc(CN2C(=O)c3oc4ccc(C)cc4c(=O)c3C2c2ccc([N+](=O)[O-])cc2)cc1. The molecule has 3 aromatic carbocycles. The van der Waals surface area contributed by atoms with E-state index in [0.29, 0.717) is 16.5 Å². The number of fused-ring (bicyclic) bond motifs is 2. The summed E-state index contributed by atoms with van der Waals surface area (Å²) in [5.41, 5.74) is 3.81. The van der Waals surface area contributed by atoms with Crippen molar-refractivity contribution in [2.24, 2.45) is 0 Å². The van der Waals surface area contributed by atoms with Gasteiger partial charge in [0.25, 0.3) is 11.6 Å².